The molecule has 3 rings (SSSR count). The average Bonchev–Trinajstić information content (AvgIpc) is 2.94. The fourth-order valence-corrected chi connectivity index (χ4v) is 3.92. The summed E-state index contributed by atoms with van der Waals surface area (Å²) in [6, 6.07) is 10.1. The number of benzene rings is 1. The Labute approximate surface area is 152 Å². The number of amides is 1. The number of piperidine rings is 1. The lowest BCUT2D eigenvalue weighted by Gasteiger charge is -2.36. The second kappa shape index (κ2) is 7.77. The van der Waals surface area contributed by atoms with Crippen LogP contribution < -0.4 is 15.1 Å². The van der Waals surface area contributed by atoms with Crippen LogP contribution in [0.3, 0.4) is 0 Å². The second-order valence-corrected chi connectivity index (χ2v) is 8.13. The van der Waals surface area contributed by atoms with E-state index in [1.165, 1.54) is 18.5 Å². The minimum Gasteiger partial charge on any atom is -0.371 e. The standard InChI is InChI=1S/C21H33N3O/c1-15(2)17(4)22-18-11-13-23(14-12-18)19-6-8-20(9-7-19)24-16(3)5-10-21(24)25/h6-9,15-18,22H,5,10-14H2,1-4H3/t16-,17+/m0/s1. The van der Waals surface area contributed by atoms with Gasteiger partial charge in [0, 0.05) is 49.0 Å². The van der Waals surface area contributed by atoms with Crippen LogP contribution in [0.4, 0.5) is 11.4 Å². The van der Waals surface area contributed by atoms with Gasteiger partial charge in [-0.2, -0.15) is 0 Å². The summed E-state index contributed by atoms with van der Waals surface area (Å²) in [4.78, 5) is 16.5. The maximum atomic E-state index is 12.1. The zero-order chi connectivity index (χ0) is 18.0. The van der Waals surface area contributed by atoms with Gasteiger partial charge in [-0.15, -0.1) is 0 Å². The first-order valence-corrected chi connectivity index (χ1v) is 9.89. The molecule has 2 aliphatic rings. The van der Waals surface area contributed by atoms with Crippen molar-refractivity contribution in [3.8, 4) is 0 Å². The molecule has 2 heterocycles. The normalized spacial score (nSPS) is 23.6. The molecule has 0 radical (unpaired) electrons. The van der Waals surface area contributed by atoms with Crippen molar-refractivity contribution in [1.29, 1.82) is 0 Å². The number of nitrogens with zero attached hydrogens (tertiary/aromatic N) is 2. The van der Waals surface area contributed by atoms with Gasteiger partial charge in [-0.3, -0.25) is 4.79 Å². The van der Waals surface area contributed by atoms with Gasteiger partial charge in [-0.25, -0.2) is 0 Å². The van der Waals surface area contributed by atoms with E-state index in [-0.39, 0.29) is 5.91 Å². The van der Waals surface area contributed by atoms with Gasteiger partial charge in [0.25, 0.3) is 0 Å². The maximum absolute atomic E-state index is 12.1. The van der Waals surface area contributed by atoms with Gasteiger partial charge in [0.1, 0.15) is 0 Å². The highest BCUT2D eigenvalue weighted by molar-refractivity contribution is 5.96. The number of rotatable bonds is 5. The molecule has 0 saturated carbocycles. The first-order chi connectivity index (χ1) is 12.0. The topological polar surface area (TPSA) is 35.6 Å². The van der Waals surface area contributed by atoms with E-state index in [4.69, 9.17) is 0 Å². The summed E-state index contributed by atoms with van der Waals surface area (Å²) in [6.07, 6.45) is 4.04. The number of anilines is 2. The Morgan fingerprint density at radius 1 is 1.00 bits per heavy atom. The zero-order valence-corrected chi connectivity index (χ0v) is 16.2. The number of hydrogen-bond donors (Lipinski definition) is 1. The van der Waals surface area contributed by atoms with Gasteiger partial charge in [0.05, 0.1) is 0 Å². The van der Waals surface area contributed by atoms with Gasteiger partial charge < -0.3 is 15.1 Å². The van der Waals surface area contributed by atoms with E-state index in [1.807, 2.05) is 4.90 Å². The fourth-order valence-electron chi connectivity index (χ4n) is 3.92. The summed E-state index contributed by atoms with van der Waals surface area (Å²) in [6.45, 7) is 11.2. The van der Waals surface area contributed by atoms with Crippen LogP contribution in [0.2, 0.25) is 0 Å². The Kier molecular flexibility index (Phi) is 5.67. The van der Waals surface area contributed by atoms with E-state index in [2.05, 4.69) is 62.2 Å². The Bertz CT molecular complexity index is 575. The summed E-state index contributed by atoms with van der Waals surface area (Å²) in [5.74, 6) is 0.938. The summed E-state index contributed by atoms with van der Waals surface area (Å²) in [5.41, 5.74) is 2.32. The van der Waals surface area contributed by atoms with Crippen LogP contribution in [0.5, 0.6) is 0 Å². The minimum atomic E-state index is 0.256. The van der Waals surface area contributed by atoms with Gasteiger partial charge in [-0.1, -0.05) is 13.8 Å². The molecule has 138 valence electrons. The lowest BCUT2D eigenvalue weighted by molar-refractivity contribution is -0.117. The molecule has 2 saturated heterocycles. The van der Waals surface area contributed by atoms with Crippen LogP contribution >= 0.6 is 0 Å². The highest BCUT2D eigenvalue weighted by Crippen LogP contribution is 2.29. The van der Waals surface area contributed by atoms with Gasteiger partial charge in [-0.05, 0) is 63.3 Å². The summed E-state index contributed by atoms with van der Waals surface area (Å²) in [5, 5.41) is 3.78. The van der Waals surface area contributed by atoms with Crippen LogP contribution in [0.25, 0.3) is 0 Å². The summed E-state index contributed by atoms with van der Waals surface area (Å²) in [7, 11) is 0. The number of hydrogen-bond acceptors (Lipinski definition) is 3. The van der Waals surface area contributed by atoms with E-state index in [1.54, 1.807) is 0 Å². The van der Waals surface area contributed by atoms with Crippen LogP contribution in [-0.4, -0.2) is 37.1 Å². The zero-order valence-electron chi connectivity index (χ0n) is 16.2. The Morgan fingerprint density at radius 3 is 2.12 bits per heavy atom. The van der Waals surface area contributed by atoms with Crippen molar-refractivity contribution in [2.75, 3.05) is 22.9 Å². The third-order valence-electron chi connectivity index (χ3n) is 5.97. The molecule has 25 heavy (non-hydrogen) atoms. The van der Waals surface area contributed by atoms with Gasteiger partial charge in [0.2, 0.25) is 5.91 Å². The number of carbonyl (C=O) groups is 1. The van der Waals surface area contributed by atoms with Crippen molar-refractivity contribution in [3.05, 3.63) is 24.3 Å². The van der Waals surface area contributed by atoms with E-state index in [0.29, 0.717) is 30.5 Å². The van der Waals surface area contributed by atoms with Crippen molar-refractivity contribution in [2.24, 2.45) is 5.92 Å². The largest absolute Gasteiger partial charge is 0.371 e. The molecular formula is C21H33N3O. The lowest BCUT2D eigenvalue weighted by atomic mass is 10.00. The van der Waals surface area contributed by atoms with E-state index in [9.17, 15) is 4.79 Å². The molecule has 2 fully saturated rings. The molecule has 4 heteroatoms. The third kappa shape index (κ3) is 4.17. The number of nitrogens with one attached hydrogen (secondary N) is 1. The lowest BCUT2D eigenvalue weighted by Crippen LogP contribution is -2.46. The minimum absolute atomic E-state index is 0.256. The van der Waals surface area contributed by atoms with Gasteiger partial charge in [0.15, 0.2) is 0 Å². The van der Waals surface area contributed by atoms with Crippen molar-refractivity contribution in [3.63, 3.8) is 0 Å². The monoisotopic (exact) mass is 343 g/mol. The molecule has 2 atom stereocenters. The second-order valence-electron chi connectivity index (χ2n) is 8.13. The van der Waals surface area contributed by atoms with Crippen molar-refractivity contribution < 1.29 is 4.79 Å². The fraction of sp³-hybridized carbons (Fsp3) is 0.667. The Morgan fingerprint density at radius 2 is 1.60 bits per heavy atom. The maximum Gasteiger partial charge on any atom is 0.227 e. The molecule has 0 bridgehead atoms. The highest BCUT2D eigenvalue weighted by Gasteiger charge is 2.29. The van der Waals surface area contributed by atoms with E-state index < -0.39 is 0 Å². The number of carbonyl (C=O) groups excluding carboxylic acids is 1. The van der Waals surface area contributed by atoms with Gasteiger partial charge >= 0.3 is 0 Å². The highest BCUT2D eigenvalue weighted by atomic mass is 16.2. The molecule has 1 aromatic rings. The predicted octanol–water partition coefficient (Wildman–Crippen LogP) is 3.80. The summed E-state index contributed by atoms with van der Waals surface area (Å²) < 4.78 is 0. The molecular weight excluding hydrogens is 310 g/mol. The van der Waals surface area contributed by atoms with Crippen LogP contribution in [0, 0.1) is 5.92 Å². The first kappa shape index (κ1) is 18.2. The smallest absolute Gasteiger partial charge is 0.227 e. The molecule has 1 amide bonds. The molecule has 0 spiro atoms. The van der Waals surface area contributed by atoms with Crippen molar-refractivity contribution in [2.45, 2.75) is 71.5 Å². The molecule has 1 aromatic carbocycles. The molecule has 0 aromatic heterocycles. The first-order valence-electron chi connectivity index (χ1n) is 9.89. The van der Waals surface area contributed by atoms with Crippen LogP contribution in [0.15, 0.2) is 24.3 Å². The molecule has 0 aliphatic carbocycles. The molecule has 1 N–H and O–H groups in total. The van der Waals surface area contributed by atoms with Crippen LogP contribution in [-0.2, 0) is 4.79 Å². The average molecular weight is 344 g/mol. The summed E-state index contributed by atoms with van der Waals surface area (Å²) >= 11 is 0. The Balaban J connectivity index is 1.56. The van der Waals surface area contributed by atoms with Crippen molar-refractivity contribution >= 4 is 17.3 Å². The molecule has 0 unspecified atom stereocenters. The molecule has 2 aliphatic heterocycles. The SMILES string of the molecule is CC(C)[C@@H](C)NC1CCN(c2ccc(N3C(=O)CC[C@@H]3C)cc2)CC1. The quantitative estimate of drug-likeness (QED) is 0.883. The molecule has 4 nitrogen and oxygen atoms in total. The van der Waals surface area contributed by atoms with Crippen molar-refractivity contribution in [1.82, 2.24) is 5.32 Å². The van der Waals surface area contributed by atoms with E-state index >= 15 is 0 Å². The van der Waals surface area contributed by atoms with Crippen LogP contribution in [0.1, 0.15) is 53.4 Å². The third-order valence-corrected chi connectivity index (χ3v) is 5.97. The predicted molar refractivity (Wildman–Crippen MR) is 105 cm³/mol. The van der Waals surface area contributed by atoms with E-state index in [0.717, 1.165) is 25.2 Å². The Hall–Kier alpha value is -1.55.